The third kappa shape index (κ3) is 5.24. The van der Waals surface area contributed by atoms with E-state index < -0.39 is 6.10 Å². The highest BCUT2D eigenvalue weighted by atomic mass is 35.5. The number of rotatable bonds is 6. The summed E-state index contributed by atoms with van der Waals surface area (Å²) in [5, 5.41) is 14.8. The van der Waals surface area contributed by atoms with Gasteiger partial charge in [0, 0.05) is 23.7 Å². The van der Waals surface area contributed by atoms with Gasteiger partial charge in [-0.1, -0.05) is 37.6 Å². The van der Waals surface area contributed by atoms with Crippen molar-refractivity contribution in [1.29, 1.82) is 0 Å². The van der Waals surface area contributed by atoms with Gasteiger partial charge in [0.1, 0.15) is 0 Å². The molecule has 0 radical (unpaired) electrons. The van der Waals surface area contributed by atoms with E-state index in [1.165, 1.54) is 6.54 Å². The Balaban J connectivity index is 1.80. The van der Waals surface area contributed by atoms with Gasteiger partial charge in [-0.05, 0) is 56.5 Å². The molecular formula is C18H29ClN2O. The van der Waals surface area contributed by atoms with Gasteiger partial charge in [0.25, 0.3) is 0 Å². The number of piperidine rings is 1. The van der Waals surface area contributed by atoms with Crippen LogP contribution in [0.4, 0.5) is 0 Å². The van der Waals surface area contributed by atoms with E-state index in [-0.39, 0.29) is 6.04 Å². The number of hydrogen-bond acceptors (Lipinski definition) is 3. The largest absolute Gasteiger partial charge is 0.387 e. The molecule has 1 saturated heterocycles. The number of aliphatic hydroxyl groups excluding tert-OH is 1. The van der Waals surface area contributed by atoms with Crippen LogP contribution in [0.25, 0.3) is 0 Å². The van der Waals surface area contributed by atoms with E-state index in [4.69, 9.17) is 11.6 Å². The number of halogens is 1. The zero-order valence-corrected chi connectivity index (χ0v) is 14.7. The number of aliphatic hydroxyl groups is 1. The molecule has 2 atom stereocenters. The second-order valence-corrected chi connectivity index (χ2v) is 7.36. The molecule has 1 heterocycles. The molecule has 3 nitrogen and oxygen atoms in total. The van der Waals surface area contributed by atoms with Crippen molar-refractivity contribution in [2.24, 2.45) is 5.92 Å². The molecule has 0 bridgehead atoms. The Bertz CT molecular complexity index is 441. The molecule has 124 valence electrons. The Kier molecular flexibility index (Phi) is 6.69. The first-order valence-corrected chi connectivity index (χ1v) is 8.75. The normalized spacial score (nSPS) is 20.3. The standard InChI is InChI=1S/C18H29ClN2O/c1-13(2)12-21-10-8-17(9-11-21)20-14(3)18(22)15-4-6-16(19)7-5-15/h4-7,13-14,17-18,20,22H,8-12H2,1-3H3. The lowest BCUT2D eigenvalue weighted by molar-refractivity contribution is 0.113. The Morgan fingerprint density at radius 3 is 2.32 bits per heavy atom. The van der Waals surface area contributed by atoms with Crippen LogP contribution in [0.15, 0.2) is 24.3 Å². The van der Waals surface area contributed by atoms with Crippen LogP contribution in [0.2, 0.25) is 5.02 Å². The maximum absolute atomic E-state index is 10.5. The first-order valence-electron chi connectivity index (χ1n) is 8.37. The molecule has 2 rings (SSSR count). The molecule has 22 heavy (non-hydrogen) atoms. The van der Waals surface area contributed by atoms with Gasteiger partial charge in [-0.3, -0.25) is 0 Å². The highest BCUT2D eigenvalue weighted by molar-refractivity contribution is 6.30. The summed E-state index contributed by atoms with van der Waals surface area (Å²) in [5.74, 6) is 0.732. The van der Waals surface area contributed by atoms with Crippen LogP contribution in [0.3, 0.4) is 0 Å². The predicted octanol–water partition coefficient (Wildman–Crippen LogP) is 3.47. The molecule has 0 spiro atoms. The van der Waals surface area contributed by atoms with Crippen LogP contribution in [0.1, 0.15) is 45.3 Å². The minimum absolute atomic E-state index is 0.0443. The fourth-order valence-corrected chi connectivity index (χ4v) is 3.34. The monoisotopic (exact) mass is 324 g/mol. The van der Waals surface area contributed by atoms with Crippen molar-refractivity contribution >= 4 is 11.6 Å². The number of benzene rings is 1. The quantitative estimate of drug-likeness (QED) is 0.841. The van der Waals surface area contributed by atoms with E-state index in [1.54, 1.807) is 0 Å². The summed E-state index contributed by atoms with van der Waals surface area (Å²) < 4.78 is 0. The third-order valence-corrected chi connectivity index (χ3v) is 4.65. The summed E-state index contributed by atoms with van der Waals surface area (Å²) in [6.07, 6.45) is 1.82. The molecule has 0 aromatic heterocycles. The van der Waals surface area contributed by atoms with E-state index in [2.05, 4.69) is 31.0 Å². The molecule has 2 N–H and O–H groups in total. The second kappa shape index (κ2) is 8.30. The number of hydrogen-bond donors (Lipinski definition) is 2. The smallest absolute Gasteiger partial charge is 0.0940 e. The van der Waals surface area contributed by atoms with Crippen LogP contribution < -0.4 is 5.32 Å². The average molecular weight is 325 g/mol. The maximum atomic E-state index is 10.5. The summed E-state index contributed by atoms with van der Waals surface area (Å²) in [6.45, 7) is 10.1. The molecule has 1 aliphatic rings. The lowest BCUT2D eigenvalue weighted by Crippen LogP contribution is -2.47. The van der Waals surface area contributed by atoms with Gasteiger partial charge >= 0.3 is 0 Å². The van der Waals surface area contributed by atoms with Crippen molar-refractivity contribution in [2.75, 3.05) is 19.6 Å². The highest BCUT2D eigenvalue weighted by Gasteiger charge is 2.24. The van der Waals surface area contributed by atoms with E-state index in [1.807, 2.05) is 24.3 Å². The predicted molar refractivity (Wildman–Crippen MR) is 93.3 cm³/mol. The molecule has 0 aliphatic carbocycles. The van der Waals surface area contributed by atoms with Crippen molar-refractivity contribution in [1.82, 2.24) is 10.2 Å². The lowest BCUT2D eigenvalue weighted by atomic mass is 9.99. The Hall–Kier alpha value is -0.610. The Morgan fingerprint density at radius 1 is 1.18 bits per heavy atom. The fourth-order valence-electron chi connectivity index (χ4n) is 3.21. The molecule has 4 heteroatoms. The summed E-state index contributed by atoms with van der Waals surface area (Å²) >= 11 is 5.90. The van der Waals surface area contributed by atoms with E-state index in [0.717, 1.165) is 37.4 Å². The molecule has 1 fully saturated rings. The van der Waals surface area contributed by atoms with Crippen LogP contribution >= 0.6 is 11.6 Å². The topological polar surface area (TPSA) is 35.5 Å². The van der Waals surface area contributed by atoms with Gasteiger partial charge in [-0.25, -0.2) is 0 Å². The maximum Gasteiger partial charge on any atom is 0.0940 e. The van der Waals surface area contributed by atoms with Gasteiger partial charge in [0.15, 0.2) is 0 Å². The zero-order valence-electron chi connectivity index (χ0n) is 13.9. The van der Waals surface area contributed by atoms with E-state index in [9.17, 15) is 5.11 Å². The van der Waals surface area contributed by atoms with Gasteiger partial charge in [-0.15, -0.1) is 0 Å². The molecule has 0 saturated carbocycles. The lowest BCUT2D eigenvalue weighted by Gasteiger charge is -2.35. The molecule has 1 aromatic rings. The number of likely N-dealkylation sites (tertiary alicyclic amines) is 1. The summed E-state index contributed by atoms with van der Waals surface area (Å²) in [6, 6.07) is 8.00. The molecule has 1 aliphatic heterocycles. The average Bonchev–Trinajstić information content (AvgIpc) is 2.49. The molecule has 0 amide bonds. The Labute approximate surface area is 139 Å². The van der Waals surface area contributed by atoms with Gasteiger partial charge < -0.3 is 15.3 Å². The van der Waals surface area contributed by atoms with E-state index in [0.29, 0.717) is 11.1 Å². The van der Waals surface area contributed by atoms with Crippen LogP contribution in [0, 0.1) is 5.92 Å². The molecular weight excluding hydrogens is 296 g/mol. The molecule has 1 aromatic carbocycles. The highest BCUT2D eigenvalue weighted by Crippen LogP contribution is 2.21. The van der Waals surface area contributed by atoms with Crippen molar-refractivity contribution in [3.8, 4) is 0 Å². The zero-order chi connectivity index (χ0) is 16.1. The third-order valence-electron chi connectivity index (χ3n) is 4.39. The van der Waals surface area contributed by atoms with Crippen LogP contribution in [-0.2, 0) is 0 Å². The van der Waals surface area contributed by atoms with Gasteiger partial charge in [-0.2, -0.15) is 0 Å². The second-order valence-electron chi connectivity index (χ2n) is 6.92. The first-order chi connectivity index (χ1) is 10.5. The number of nitrogens with zero attached hydrogens (tertiary/aromatic N) is 1. The summed E-state index contributed by atoms with van der Waals surface area (Å²) in [5.41, 5.74) is 0.918. The fraction of sp³-hybridized carbons (Fsp3) is 0.667. The SMILES string of the molecule is CC(C)CN1CCC(NC(C)C(O)c2ccc(Cl)cc2)CC1. The minimum Gasteiger partial charge on any atom is -0.387 e. The minimum atomic E-state index is -0.494. The van der Waals surface area contributed by atoms with E-state index >= 15 is 0 Å². The summed E-state index contributed by atoms with van der Waals surface area (Å²) in [7, 11) is 0. The van der Waals surface area contributed by atoms with Gasteiger partial charge in [0.2, 0.25) is 0 Å². The van der Waals surface area contributed by atoms with Crippen molar-refractivity contribution < 1.29 is 5.11 Å². The van der Waals surface area contributed by atoms with Crippen molar-refractivity contribution in [3.05, 3.63) is 34.9 Å². The van der Waals surface area contributed by atoms with Gasteiger partial charge in [0.05, 0.1) is 6.10 Å². The summed E-state index contributed by atoms with van der Waals surface area (Å²) in [4.78, 5) is 2.54. The van der Waals surface area contributed by atoms with Crippen molar-refractivity contribution in [3.63, 3.8) is 0 Å². The molecule has 2 unspecified atom stereocenters. The van der Waals surface area contributed by atoms with Crippen LogP contribution in [0.5, 0.6) is 0 Å². The Morgan fingerprint density at radius 2 is 1.77 bits per heavy atom. The van der Waals surface area contributed by atoms with Crippen LogP contribution in [-0.4, -0.2) is 41.7 Å². The first kappa shape index (κ1) is 17.7. The number of nitrogens with one attached hydrogen (secondary N) is 1. The van der Waals surface area contributed by atoms with Crippen molar-refractivity contribution in [2.45, 2.75) is 51.8 Å².